The van der Waals surface area contributed by atoms with Crippen LogP contribution in [-0.4, -0.2) is 25.6 Å². The molecular formula is C18H22N2O. The van der Waals surface area contributed by atoms with Gasteiger partial charge in [0, 0.05) is 12.2 Å². The number of para-hydroxylation sites is 1. The lowest BCUT2D eigenvalue weighted by Gasteiger charge is -2.28. The summed E-state index contributed by atoms with van der Waals surface area (Å²) in [6.45, 7) is 2.36. The minimum Gasteiger partial charge on any atom is -0.376 e. The molecule has 0 saturated carbocycles. The van der Waals surface area contributed by atoms with E-state index < -0.39 is 0 Å². The highest BCUT2D eigenvalue weighted by atomic mass is 16.5. The number of ether oxygens (including phenoxy) is 1. The molecule has 0 spiro atoms. The number of anilines is 1. The summed E-state index contributed by atoms with van der Waals surface area (Å²) in [6, 6.07) is 17.2. The van der Waals surface area contributed by atoms with Crippen LogP contribution in [0.25, 0.3) is 0 Å². The fraction of sp³-hybridized carbons (Fsp3) is 0.333. The first-order valence-corrected chi connectivity index (χ1v) is 7.39. The number of rotatable bonds is 4. The van der Waals surface area contributed by atoms with E-state index in [1.807, 2.05) is 0 Å². The fourth-order valence-corrected chi connectivity index (χ4v) is 2.83. The summed E-state index contributed by atoms with van der Waals surface area (Å²) >= 11 is 0. The van der Waals surface area contributed by atoms with Crippen LogP contribution in [0.4, 0.5) is 5.69 Å². The lowest BCUT2D eigenvalue weighted by atomic mass is 9.98. The number of nitrogens with zero attached hydrogens (tertiary/aromatic N) is 1. The SMILES string of the molecule is CN(C)Cc1ccccc1NC1COCc2ccccc21. The van der Waals surface area contributed by atoms with Gasteiger partial charge in [-0.25, -0.2) is 0 Å². The number of fused-ring (bicyclic) bond motifs is 1. The summed E-state index contributed by atoms with van der Waals surface area (Å²) in [5.41, 5.74) is 5.14. The molecule has 1 unspecified atom stereocenters. The van der Waals surface area contributed by atoms with Gasteiger partial charge in [-0.15, -0.1) is 0 Å². The molecule has 0 aromatic heterocycles. The van der Waals surface area contributed by atoms with Gasteiger partial charge < -0.3 is 15.0 Å². The Kier molecular flexibility index (Phi) is 4.23. The Morgan fingerprint density at radius 1 is 1.10 bits per heavy atom. The van der Waals surface area contributed by atoms with E-state index in [2.05, 4.69) is 72.8 Å². The zero-order valence-corrected chi connectivity index (χ0v) is 12.7. The van der Waals surface area contributed by atoms with Crippen LogP contribution in [0.3, 0.4) is 0 Å². The molecule has 0 radical (unpaired) electrons. The Labute approximate surface area is 126 Å². The Morgan fingerprint density at radius 3 is 2.71 bits per heavy atom. The molecule has 2 aromatic carbocycles. The lowest BCUT2D eigenvalue weighted by molar-refractivity contribution is 0.0969. The average molecular weight is 282 g/mol. The number of nitrogens with one attached hydrogen (secondary N) is 1. The predicted octanol–water partition coefficient (Wildman–Crippen LogP) is 3.43. The lowest BCUT2D eigenvalue weighted by Crippen LogP contribution is -2.24. The molecule has 0 amide bonds. The average Bonchev–Trinajstić information content (AvgIpc) is 2.49. The molecule has 1 atom stereocenters. The summed E-state index contributed by atoms with van der Waals surface area (Å²) in [7, 11) is 4.19. The van der Waals surface area contributed by atoms with Crippen molar-refractivity contribution in [2.24, 2.45) is 0 Å². The topological polar surface area (TPSA) is 24.5 Å². The molecule has 1 aliphatic heterocycles. The van der Waals surface area contributed by atoms with Crippen LogP contribution in [0.1, 0.15) is 22.7 Å². The molecular weight excluding hydrogens is 260 g/mol. The molecule has 110 valence electrons. The Balaban J connectivity index is 1.85. The Bertz CT molecular complexity index is 610. The first-order valence-electron chi connectivity index (χ1n) is 7.39. The fourth-order valence-electron chi connectivity index (χ4n) is 2.83. The molecule has 1 heterocycles. The maximum atomic E-state index is 5.73. The molecule has 1 aliphatic rings. The van der Waals surface area contributed by atoms with E-state index in [1.54, 1.807) is 0 Å². The minimum absolute atomic E-state index is 0.221. The van der Waals surface area contributed by atoms with Gasteiger partial charge in [0.15, 0.2) is 0 Å². The van der Waals surface area contributed by atoms with Crippen LogP contribution < -0.4 is 5.32 Å². The van der Waals surface area contributed by atoms with Crippen molar-refractivity contribution in [2.45, 2.75) is 19.2 Å². The van der Waals surface area contributed by atoms with Crippen molar-refractivity contribution >= 4 is 5.69 Å². The molecule has 3 heteroatoms. The summed E-state index contributed by atoms with van der Waals surface area (Å²) in [4.78, 5) is 2.19. The van der Waals surface area contributed by atoms with E-state index in [0.717, 1.165) is 6.54 Å². The van der Waals surface area contributed by atoms with E-state index in [9.17, 15) is 0 Å². The predicted molar refractivity (Wildman–Crippen MR) is 86.3 cm³/mol. The van der Waals surface area contributed by atoms with Gasteiger partial charge in [0.1, 0.15) is 0 Å². The summed E-state index contributed by atoms with van der Waals surface area (Å²) < 4.78 is 5.73. The van der Waals surface area contributed by atoms with Gasteiger partial charge in [0.25, 0.3) is 0 Å². The zero-order chi connectivity index (χ0) is 14.7. The van der Waals surface area contributed by atoms with Crippen molar-refractivity contribution in [2.75, 3.05) is 26.0 Å². The van der Waals surface area contributed by atoms with Crippen molar-refractivity contribution < 1.29 is 4.74 Å². The van der Waals surface area contributed by atoms with Crippen LogP contribution in [-0.2, 0) is 17.9 Å². The van der Waals surface area contributed by atoms with Crippen LogP contribution in [0.15, 0.2) is 48.5 Å². The van der Waals surface area contributed by atoms with Crippen LogP contribution in [0.2, 0.25) is 0 Å². The second kappa shape index (κ2) is 6.29. The highest BCUT2D eigenvalue weighted by Gasteiger charge is 2.20. The first kappa shape index (κ1) is 14.1. The molecule has 2 aromatic rings. The third-order valence-electron chi connectivity index (χ3n) is 3.81. The van der Waals surface area contributed by atoms with Crippen LogP contribution >= 0.6 is 0 Å². The van der Waals surface area contributed by atoms with Crippen molar-refractivity contribution in [3.05, 3.63) is 65.2 Å². The Hall–Kier alpha value is -1.84. The molecule has 3 nitrogen and oxygen atoms in total. The van der Waals surface area contributed by atoms with Crippen molar-refractivity contribution in [3.8, 4) is 0 Å². The van der Waals surface area contributed by atoms with Crippen LogP contribution in [0, 0.1) is 0 Å². The van der Waals surface area contributed by atoms with E-state index in [-0.39, 0.29) is 6.04 Å². The van der Waals surface area contributed by atoms with Gasteiger partial charge in [-0.1, -0.05) is 42.5 Å². The molecule has 0 aliphatic carbocycles. The van der Waals surface area contributed by atoms with Crippen LogP contribution in [0.5, 0.6) is 0 Å². The smallest absolute Gasteiger partial charge is 0.0751 e. The molecule has 0 saturated heterocycles. The van der Waals surface area contributed by atoms with Gasteiger partial charge in [-0.05, 0) is 36.9 Å². The van der Waals surface area contributed by atoms with E-state index in [1.165, 1.54) is 22.4 Å². The molecule has 1 N–H and O–H groups in total. The van der Waals surface area contributed by atoms with Gasteiger partial charge in [0.2, 0.25) is 0 Å². The van der Waals surface area contributed by atoms with Crippen molar-refractivity contribution in [1.29, 1.82) is 0 Å². The zero-order valence-electron chi connectivity index (χ0n) is 12.7. The van der Waals surface area contributed by atoms with Crippen molar-refractivity contribution in [1.82, 2.24) is 4.90 Å². The number of hydrogen-bond donors (Lipinski definition) is 1. The monoisotopic (exact) mass is 282 g/mol. The highest BCUT2D eigenvalue weighted by Crippen LogP contribution is 2.29. The van der Waals surface area contributed by atoms with E-state index >= 15 is 0 Å². The van der Waals surface area contributed by atoms with Crippen molar-refractivity contribution in [3.63, 3.8) is 0 Å². The van der Waals surface area contributed by atoms with Gasteiger partial charge >= 0.3 is 0 Å². The second-order valence-electron chi connectivity index (χ2n) is 5.81. The Morgan fingerprint density at radius 2 is 1.86 bits per heavy atom. The minimum atomic E-state index is 0.221. The number of benzene rings is 2. The van der Waals surface area contributed by atoms with E-state index in [4.69, 9.17) is 4.74 Å². The molecule has 3 rings (SSSR count). The quantitative estimate of drug-likeness (QED) is 0.930. The van der Waals surface area contributed by atoms with Gasteiger partial charge in [-0.2, -0.15) is 0 Å². The van der Waals surface area contributed by atoms with Gasteiger partial charge in [-0.3, -0.25) is 0 Å². The number of hydrogen-bond acceptors (Lipinski definition) is 3. The maximum absolute atomic E-state index is 5.73. The summed E-state index contributed by atoms with van der Waals surface area (Å²) in [5, 5.41) is 3.66. The second-order valence-corrected chi connectivity index (χ2v) is 5.81. The first-order chi connectivity index (χ1) is 10.2. The maximum Gasteiger partial charge on any atom is 0.0751 e. The largest absolute Gasteiger partial charge is 0.376 e. The molecule has 0 fully saturated rings. The standard InChI is InChI=1S/C18H22N2O/c1-20(2)11-14-7-4-6-10-17(14)19-18-13-21-12-15-8-3-5-9-16(15)18/h3-10,18-19H,11-13H2,1-2H3. The third kappa shape index (κ3) is 3.26. The molecule has 21 heavy (non-hydrogen) atoms. The highest BCUT2D eigenvalue weighted by molar-refractivity contribution is 5.53. The normalized spacial score (nSPS) is 17.6. The van der Waals surface area contributed by atoms with Gasteiger partial charge in [0.05, 0.1) is 19.3 Å². The third-order valence-corrected chi connectivity index (χ3v) is 3.81. The summed E-state index contributed by atoms with van der Waals surface area (Å²) in [5.74, 6) is 0. The summed E-state index contributed by atoms with van der Waals surface area (Å²) in [6.07, 6.45) is 0. The molecule has 0 bridgehead atoms. The van der Waals surface area contributed by atoms with E-state index in [0.29, 0.717) is 13.2 Å².